The zero-order chi connectivity index (χ0) is 14.5. The number of nitrogens with one attached hydrogen (secondary N) is 1. The Morgan fingerprint density at radius 1 is 1.05 bits per heavy atom. The van der Waals surface area contributed by atoms with E-state index in [9.17, 15) is 4.39 Å². The summed E-state index contributed by atoms with van der Waals surface area (Å²) in [7, 11) is 3.02. The second-order valence-electron chi connectivity index (χ2n) is 3.96. The van der Waals surface area contributed by atoms with Crippen LogP contribution in [0.1, 0.15) is 0 Å². The number of benzene rings is 2. The van der Waals surface area contributed by atoms with Crippen molar-refractivity contribution >= 4 is 11.4 Å². The number of halogens is 1. The molecule has 0 amide bonds. The van der Waals surface area contributed by atoms with Crippen LogP contribution in [0.4, 0.5) is 15.8 Å². The van der Waals surface area contributed by atoms with E-state index in [4.69, 9.17) is 20.0 Å². The van der Waals surface area contributed by atoms with E-state index in [1.165, 1.54) is 26.4 Å². The number of methoxy groups -OCH3 is 1. The predicted octanol–water partition coefficient (Wildman–Crippen LogP) is 3.18. The predicted molar refractivity (Wildman–Crippen MR) is 74.5 cm³/mol. The molecule has 0 unspecified atom stereocenters. The van der Waals surface area contributed by atoms with Crippen LogP contribution in [-0.4, -0.2) is 14.2 Å². The topological polar surface area (TPSA) is 65.7 Å². The molecule has 0 atom stereocenters. The monoisotopic (exact) mass is 278 g/mol. The second-order valence-corrected chi connectivity index (χ2v) is 3.96. The molecule has 20 heavy (non-hydrogen) atoms. The third-order valence-corrected chi connectivity index (χ3v) is 2.57. The van der Waals surface area contributed by atoms with Gasteiger partial charge in [0.1, 0.15) is 17.2 Å². The van der Waals surface area contributed by atoms with Crippen molar-refractivity contribution in [1.29, 1.82) is 0 Å². The summed E-state index contributed by atoms with van der Waals surface area (Å²) in [6.45, 7) is 0. The van der Waals surface area contributed by atoms with Crippen LogP contribution in [0.2, 0.25) is 0 Å². The van der Waals surface area contributed by atoms with Crippen LogP contribution >= 0.6 is 0 Å². The highest BCUT2D eigenvalue weighted by Gasteiger charge is 2.08. The number of hydrogen-bond acceptors (Lipinski definition) is 5. The number of anilines is 2. The van der Waals surface area contributed by atoms with Crippen LogP contribution in [-0.2, 0) is 4.84 Å². The lowest BCUT2D eigenvalue weighted by Crippen LogP contribution is -1.99. The third kappa shape index (κ3) is 3.10. The molecule has 5 nitrogen and oxygen atoms in total. The van der Waals surface area contributed by atoms with Gasteiger partial charge in [0.2, 0.25) is 0 Å². The third-order valence-electron chi connectivity index (χ3n) is 2.57. The average molecular weight is 278 g/mol. The second kappa shape index (κ2) is 6.12. The molecule has 0 bridgehead atoms. The van der Waals surface area contributed by atoms with Gasteiger partial charge in [-0.3, -0.25) is 10.3 Å². The van der Waals surface area contributed by atoms with Crippen LogP contribution in [0.5, 0.6) is 17.2 Å². The molecule has 0 aliphatic heterocycles. The van der Waals surface area contributed by atoms with Crippen molar-refractivity contribution < 1.29 is 18.7 Å². The van der Waals surface area contributed by atoms with Crippen molar-refractivity contribution in [2.75, 3.05) is 25.4 Å². The van der Waals surface area contributed by atoms with Gasteiger partial charge in [0.25, 0.3) is 0 Å². The number of nitrogen functional groups attached to an aromatic ring is 1. The average Bonchev–Trinajstić information content (AvgIpc) is 2.43. The minimum Gasteiger partial charge on any atom is -0.494 e. The summed E-state index contributed by atoms with van der Waals surface area (Å²) in [5.41, 5.74) is 9.05. The van der Waals surface area contributed by atoms with Gasteiger partial charge in [0.05, 0.1) is 14.2 Å². The first-order valence-corrected chi connectivity index (χ1v) is 5.84. The Morgan fingerprint density at radius 2 is 1.80 bits per heavy atom. The zero-order valence-electron chi connectivity index (χ0n) is 11.1. The molecule has 2 rings (SSSR count). The smallest absolute Gasteiger partial charge is 0.167 e. The number of ether oxygens (including phenoxy) is 2. The molecule has 0 saturated carbocycles. The van der Waals surface area contributed by atoms with Gasteiger partial charge < -0.3 is 15.2 Å². The minimum absolute atomic E-state index is 0.0905. The molecular formula is C14H15FN2O3. The highest BCUT2D eigenvalue weighted by Crippen LogP contribution is 2.32. The van der Waals surface area contributed by atoms with E-state index in [2.05, 4.69) is 5.48 Å². The summed E-state index contributed by atoms with van der Waals surface area (Å²) in [5.74, 6) is 0.584. The Hall–Kier alpha value is -2.47. The van der Waals surface area contributed by atoms with Crippen LogP contribution < -0.4 is 20.7 Å². The zero-order valence-corrected chi connectivity index (χ0v) is 11.1. The van der Waals surface area contributed by atoms with E-state index in [-0.39, 0.29) is 5.75 Å². The molecule has 0 aliphatic rings. The maximum Gasteiger partial charge on any atom is 0.167 e. The lowest BCUT2D eigenvalue weighted by atomic mass is 10.2. The summed E-state index contributed by atoms with van der Waals surface area (Å²) in [6, 6.07) is 9.22. The molecule has 2 aromatic rings. The van der Waals surface area contributed by atoms with Gasteiger partial charge >= 0.3 is 0 Å². The highest BCUT2D eigenvalue weighted by molar-refractivity contribution is 5.59. The van der Waals surface area contributed by atoms with Gasteiger partial charge in [-0.15, -0.1) is 0 Å². The van der Waals surface area contributed by atoms with Gasteiger partial charge in [0, 0.05) is 17.8 Å². The van der Waals surface area contributed by atoms with E-state index in [0.29, 0.717) is 22.9 Å². The molecule has 106 valence electrons. The molecule has 6 heteroatoms. The Morgan fingerprint density at radius 3 is 2.45 bits per heavy atom. The van der Waals surface area contributed by atoms with Gasteiger partial charge in [0.15, 0.2) is 11.6 Å². The van der Waals surface area contributed by atoms with E-state index < -0.39 is 5.82 Å². The van der Waals surface area contributed by atoms with E-state index in [1.54, 1.807) is 24.3 Å². The summed E-state index contributed by atoms with van der Waals surface area (Å²) in [4.78, 5) is 4.84. The molecule has 0 spiro atoms. The molecule has 0 heterocycles. The van der Waals surface area contributed by atoms with Crippen molar-refractivity contribution in [2.24, 2.45) is 0 Å². The lowest BCUT2D eigenvalue weighted by Gasteiger charge is -2.12. The fraction of sp³-hybridized carbons (Fsp3) is 0.143. The molecular weight excluding hydrogens is 263 g/mol. The fourth-order valence-electron chi connectivity index (χ4n) is 1.67. The summed E-state index contributed by atoms with van der Waals surface area (Å²) in [6.07, 6.45) is 0. The van der Waals surface area contributed by atoms with Crippen LogP contribution in [0.15, 0.2) is 36.4 Å². The largest absolute Gasteiger partial charge is 0.494 e. The van der Waals surface area contributed by atoms with E-state index in [0.717, 1.165) is 0 Å². The maximum atomic E-state index is 13.7. The molecule has 0 aromatic heterocycles. The Labute approximate surface area is 116 Å². The van der Waals surface area contributed by atoms with Crippen LogP contribution in [0.3, 0.4) is 0 Å². The molecule has 0 radical (unpaired) electrons. The van der Waals surface area contributed by atoms with Gasteiger partial charge in [-0.25, -0.2) is 4.39 Å². The Balaban J connectivity index is 2.27. The summed E-state index contributed by atoms with van der Waals surface area (Å²) >= 11 is 0. The van der Waals surface area contributed by atoms with Crippen LogP contribution in [0.25, 0.3) is 0 Å². The van der Waals surface area contributed by atoms with Crippen molar-refractivity contribution in [3.63, 3.8) is 0 Å². The molecule has 0 saturated heterocycles. The van der Waals surface area contributed by atoms with Gasteiger partial charge in [-0.05, 0) is 24.3 Å². The van der Waals surface area contributed by atoms with E-state index >= 15 is 0 Å². The normalized spacial score (nSPS) is 10.2. The first-order chi connectivity index (χ1) is 9.63. The minimum atomic E-state index is -0.526. The summed E-state index contributed by atoms with van der Waals surface area (Å²) in [5, 5.41) is 0. The molecule has 0 fully saturated rings. The Bertz CT molecular complexity index is 605. The van der Waals surface area contributed by atoms with Gasteiger partial charge in [-0.2, -0.15) is 0 Å². The molecule has 2 aromatic carbocycles. The first-order valence-electron chi connectivity index (χ1n) is 5.84. The fourth-order valence-corrected chi connectivity index (χ4v) is 1.67. The van der Waals surface area contributed by atoms with Crippen molar-refractivity contribution in [3.05, 3.63) is 42.2 Å². The summed E-state index contributed by atoms with van der Waals surface area (Å²) < 4.78 is 24.3. The number of nitrogens with two attached hydrogens (primary N) is 1. The standard InChI is InChI=1S/C14H15FN2O3/c1-18-14-6-4-10(8-12(14)17-19-2)20-13-5-3-9(16)7-11(13)15/h3-8,17H,16H2,1-2H3. The van der Waals surface area contributed by atoms with Crippen molar-refractivity contribution in [2.45, 2.75) is 0 Å². The number of hydrogen-bond donors (Lipinski definition) is 2. The lowest BCUT2D eigenvalue weighted by molar-refractivity contribution is 0.268. The van der Waals surface area contributed by atoms with Crippen molar-refractivity contribution in [1.82, 2.24) is 0 Å². The Kier molecular flexibility index (Phi) is 4.27. The van der Waals surface area contributed by atoms with E-state index in [1.807, 2.05) is 0 Å². The highest BCUT2D eigenvalue weighted by atomic mass is 19.1. The quantitative estimate of drug-likeness (QED) is 0.649. The molecule has 3 N–H and O–H groups in total. The first kappa shape index (κ1) is 14.0. The number of rotatable bonds is 5. The molecule has 0 aliphatic carbocycles. The van der Waals surface area contributed by atoms with Gasteiger partial charge in [-0.1, -0.05) is 0 Å². The maximum absolute atomic E-state index is 13.7. The van der Waals surface area contributed by atoms with Crippen molar-refractivity contribution in [3.8, 4) is 17.2 Å². The van der Waals surface area contributed by atoms with Crippen LogP contribution in [0, 0.1) is 5.82 Å². The SMILES string of the molecule is CONc1cc(Oc2ccc(N)cc2F)ccc1OC.